The molecule has 2 amide bonds. The Labute approximate surface area is 137 Å². The molecule has 2 aliphatic heterocycles. The molecule has 2 saturated heterocycles. The number of carbonyl (C=O) groups is 2. The average molecular weight is 316 g/mol. The number of hydrogen-bond acceptors (Lipinski definition) is 2. The van der Waals surface area contributed by atoms with E-state index in [0.717, 1.165) is 38.2 Å². The lowest BCUT2D eigenvalue weighted by molar-refractivity contribution is -0.887. The van der Waals surface area contributed by atoms with Crippen molar-refractivity contribution in [2.45, 2.75) is 32.1 Å². The standard InChI is InChI=1S/C18H25N3O2/c22-17-8-4-13-21(17)16-7-3-6-15(14-16)18(23)19-9-5-12-20-10-1-2-11-20/h3,6-7,14H,1-2,4-5,8-13H2,(H,19,23)/p+1. The maximum Gasteiger partial charge on any atom is 0.251 e. The fraction of sp³-hybridized carbons (Fsp3) is 0.556. The van der Waals surface area contributed by atoms with Crippen LogP contribution in [0.5, 0.6) is 0 Å². The molecule has 1 aromatic rings. The molecule has 0 aromatic heterocycles. The van der Waals surface area contributed by atoms with Gasteiger partial charge in [-0.2, -0.15) is 0 Å². The molecule has 0 aliphatic carbocycles. The molecule has 3 rings (SSSR count). The highest BCUT2D eigenvalue weighted by Gasteiger charge is 2.22. The number of nitrogens with zero attached hydrogens (tertiary/aromatic N) is 1. The second kappa shape index (κ2) is 7.59. The van der Waals surface area contributed by atoms with Gasteiger partial charge in [-0.25, -0.2) is 0 Å². The summed E-state index contributed by atoms with van der Waals surface area (Å²) in [5, 5.41) is 3.00. The lowest BCUT2D eigenvalue weighted by Gasteiger charge is -2.16. The van der Waals surface area contributed by atoms with Gasteiger partial charge in [0.15, 0.2) is 0 Å². The predicted octanol–water partition coefficient (Wildman–Crippen LogP) is 0.612. The minimum atomic E-state index is -0.0464. The zero-order chi connectivity index (χ0) is 16.1. The normalized spacial score (nSPS) is 18.6. The zero-order valence-corrected chi connectivity index (χ0v) is 13.6. The van der Waals surface area contributed by atoms with Crippen LogP contribution in [0.4, 0.5) is 5.69 Å². The lowest BCUT2D eigenvalue weighted by atomic mass is 10.1. The summed E-state index contributed by atoms with van der Waals surface area (Å²) in [5.74, 6) is 0.103. The van der Waals surface area contributed by atoms with Gasteiger partial charge in [-0.3, -0.25) is 9.59 Å². The van der Waals surface area contributed by atoms with Crippen molar-refractivity contribution in [3.8, 4) is 0 Å². The number of quaternary nitrogens is 1. The Hall–Kier alpha value is -1.88. The number of anilines is 1. The molecule has 0 atom stereocenters. The van der Waals surface area contributed by atoms with Crippen LogP contribution in [0.25, 0.3) is 0 Å². The molecule has 1 aromatic carbocycles. The molecule has 5 heteroatoms. The molecular weight excluding hydrogens is 290 g/mol. The van der Waals surface area contributed by atoms with Gasteiger partial charge in [0.25, 0.3) is 5.91 Å². The van der Waals surface area contributed by atoms with E-state index in [4.69, 9.17) is 0 Å². The highest BCUT2D eigenvalue weighted by molar-refractivity contribution is 5.99. The number of benzene rings is 1. The Morgan fingerprint density at radius 1 is 1.22 bits per heavy atom. The molecular formula is C18H26N3O2+. The van der Waals surface area contributed by atoms with Gasteiger partial charge in [0.1, 0.15) is 0 Å². The molecule has 0 radical (unpaired) electrons. The van der Waals surface area contributed by atoms with Gasteiger partial charge in [0, 0.05) is 50.0 Å². The first-order valence-corrected chi connectivity index (χ1v) is 8.76. The van der Waals surface area contributed by atoms with Gasteiger partial charge >= 0.3 is 0 Å². The molecule has 0 unspecified atom stereocenters. The van der Waals surface area contributed by atoms with E-state index >= 15 is 0 Å². The van der Waals surface area contributed by atoms with E-state index in [1.165, 1.54) is 25.9 Å². The molecule has 23 heavy (non-hydrogen) atoms. The van der Waals surface area contributed by atoms with Crippen molar-refractivity contribution in [3.63, 3.8) is 0 Å². The number of nitrogens with one attached hydrogen (secondary N) is 2. The summed E-state index contributed by atoms with van der Waals surface area (Å²) in [7, 11) is 0. The summed E-state index contributed by atoms with van der Waals surface area (Å²) in [5.41, 5.74) is 1.47. The third-order valence-corrected chi connectivity index (χ3v) is 4.80. The SMILES string of the molecule is O=C(NCCC[NH+]1CCCC1)c1cccc(N2CCCC2=O)c1. The van der Waals surface area contributed by atoms with Crippen molar-refractivity contribution >= 4 is 17.5 Å². The third-order valence-electron chi connectivity index (χ3n) is 4.80. The lowest BCUT2D eigenvalue weighted by Crippen LogP contribution is -3.10. The summed E-state index contributed by atoms with van der Waals surface area (Å²) in [6.45, 7) is 5.17. The Morgan fingerprint density at radius 3 is 2.78 bits per heavy atom. The van der Waals surface area contributed by atoms with Crippen LogP contribution in [0, 0.1) is 0 Å². The third kappa shape index (κ3) is 4.10. The average Bonchev–Trinajstić information content (AvgIpc) is 3.23. The van der Waals surface area contributed by atoms with Crippen LogP contribution >= 0.6 is 0 Å². The van der Waals surface area contributed by atoms with Crippen molar-refractivity contribution in [1.82, 2.24) is 5.32 Å². The largest absolute Gasteiger partial charge is 0.352 e. The second-order valence-electron chi connectivity index (χ2n) is 6.52. The number of likely N-dealkylation sites (tertiary alicyclic amines) is 1. The van der Waals surface area contributed by atoms with Gasteiger partial charge in [-0.15, -0.1) is 0 Å². The van der Waals surface area contributed by atoms with Crippen LogP contribution in [0.1, 0.15) is 42.5 Å². The fourth-order valence-corrected chi connectivity index (χ4v) is 3.50. The van der Waals surface area contributed by atoms with Crippen LogP contribution in [0.2, 0.25) is 0 Å². The molecule has 124 valence electrons. The quantitative estimate of drug-likeness (QED) is 0.756. The molecule has 2 aliphatic rings. The van der Waals surface area contributed by atoms with Gasteiger partial charge < -0.3 is 15.1 Å². The molecule has 0 bridgehead atoms. The van der Waals surface area contributed by atoms with Crippen LogP contribution in [-0.4, -0.2) is 44.5 Å². The second-order valence-corrected chi connectivity index (χ2v) is 6.52. The fourth-order valence-electron chi connectivity index (χ4n) is 3.50. The Morgan fingerprint density at radius 2 is 2.04 bits per heavy atom. The molecule has 2 fully saturated rings. The van der Waals surface area contributed by atoms with E-state index in [0.29, 0.717) is 12.0 Å². The van der Waals surface area contributed by atoms with Crippen LogP contribution in [0.3, 0.4) is 0 Å². The van der Waals surface area contributed by atoms with Gasteiger partial charge in [-0.1, -0.05) is 6.07 Å². The minimum absolute atomic E-state index is 0.0464. The van der Waals surface area contributed by atoms with Crippen LogP contribution in [-0.2, 0) is 4.79 Å². The summed E-state index contributed by atoms with van der Waals surface area (Å²) in [4.78, 5) is 27.5. The first-order valence-electron chi connectivity index (χ1n) is 8.76. The first kappa shape index (κ1) is 16.0. The van der Waals surface area contributed by atoms with E-state index in [1.807, 2.05) is 24.3 Å². The van der Waals surface area contributed by atoms with Gasteiger partial charge in [-0.05, 0) is 24.6 Å². The van der Waals surface area contributed by atoms with Gasteiger partial charge in [0.2, 0.25) is 5.91 Å². The van der Waals surface area contributed by atoms with E-state index in [1.54, 1.807) is 9.80 Å². The van der Waals surface area contributed by atoms with E-state index in [2.05, 4.69) is 5.32 Å². The maximum absolute atomic E-state index is 12.3. The first-order chi connectivity index (χ1) is 11.2. The van der Waals surface area contributed by atoms with Crippen molar-refractivity contribution in [1.29, 1.82) is 0 Å². The van der Waals surface area contributed by atoms with Crippen molar-refractivity contribution in [2.24, 2.45) is 0 Å². The summed E-state index contributed by atoms with van der Waals surface area (Å²) in [6.07, 6.45) is 5.20. The number of carbonyl (C=O) groups excluding carboxylic acids is 2. The summed E-state index contributed by atoms with van der Waals surface area (Å²) < 4.78 is 0. The number of hydrogen-bond donors (Lipinski definition) is 2. The maximum atomic E-state index is 12.3. The highest BCUT2D eigenvalue weighted by atomic mass is 16.2. The van der Waals surface area contributed by atoms with E-state index in [9.17, 15) is 9.59 Å². The minimum Gasteiger partial charge on any atom is -0.352 e. The smallest absolute Gasteiger partial charge is 0.251 e. The summed E-state index contributed by atoms with van der Waals surface area (Å²) in [6, 6.07) is 7.39. The van der Waals surface area contributed by atoms with Gasteiger partial charge in [0.05, 0.1) is 19.6 Å². The molecule has 2 heterocycles. The molecule has 2 N–H and O–H groups in total. The van der Waals surface area contributed by atoms with Crippen LogP contribution in [0.15, 0.2) is 24.3 Å². The number of amides is 2. The van der Waals surface area contributed by atoms with E-state index in [-0.39, 0.29) is 11.8 Å². The Balaban J connectivity index is 1.49. The Bertz CT molecular complexity index is 567. The Kier molecular flexibility index (Phi) is 5.28. The molecule has 0 saturated carbocycles. The number of rotatable bonds is 6. The monoisotopic (exact) mass is 316 g/mol. The zero-order valence-electron chi connectivity index (χ0n) is 13.6. The topological polar surface area (TPSA) is 53.9 Å². The van der Waals surface area contributed by atoms with Crippen molar-refractivity contribution in [3.05, 3.63) is 29.8 Å². The van der Waals surface area contributed by atoms with Crippen LogP contribution < -0.4 is 15.1 Å². The molecule has 0 spiro atoms. The predicted molar refractivity (Wildman–Crippen MR) is 89.8 cm³/mol. The van der Waals surface area contributed by atoms with Crippen molar-refractivity contribution in [2.75, 3.05) is 37.6 Å². The summed E-state index contributed by atoms with van der Waals surface area (Å²) >= 11 is 0. The highest BCUT2D eigenvalue weighted by Crippen LogP contribution is 2.22. The van der Waals surface area contributed by atoms with Crippen molar-refractivity contribution < 1.29 is 14.5 Å². The molecule has 5 nitrogen and oxygen atoms in total. The van der Waals surface area contributed by atoms with E-state index < -0.39 is 0 Å².